The first-order valence-electron chi connectivity index (χ1n) is 6.95. The van der Waals surface area contributed by atoms with E-state index in [-0.39, 0.29) is 29.9 Å². The lowest BCUT2D eigenvalue weighted by atomic mass is 10.1. The molecule has 0 aromatic heterocycles. The first kappa shape index (κ1) is 20.6. The van der Waals surface area contributed by atoms with Crippen molar-refractivity contribution in [2.24, 2.45) is 4.99 Å². The number of hydrogen-bond donors (Lipinski definition) is 3. The maximum Gasteiger partial charge on any atom is 0.251 e. The van der Waals surface area contributed by atoms with E-state index < -0.39 is 0 Å². The van der Waals surface area contributed by atoms with Crippen LogP contribution < -0.4 is 16.0 Å². The topological polar surface area (TPSA) is 74.8 Å². The lowest BCUT2D eigenvalue weighted by molar-refractivity contribution is 0.0963. The number of carbonyl (C=O) groups excluding carboxylic acids is 1. The molecule has 7 heteroatoms. The van der Waals surface area contributed by atoms with Gasteiger partial charge < -0.3 is 20.7 Å². The van der Waals surface area contributed by atoms with Gasteiger partial charge in [0.15, 0.2) is 5.96 Å². The molecule has 0 aliphatic carbocycles. The van der Waals surface area contributed by atoms with E-state index in [4.69, 9.17) is 4.74 Å². The molecule has 0 fully saturated rings. The number of nitrogens with one attached hydrogen (secondary N) is 3. The molecule has 0 bridgehead atoms. The van der Waals surface area contributed by atoms with Crippen LogP contribution in [-0.4, -0.2) is 46.2 Å². The average Bonchev–Trinajstić information content (AvgIpc) is 2.54. The van der Waals surface area contributed by atoms with E-state index in [9.17, 15) is 4.79 Å². The molecule has 0 unspecified atom stereocenters. The number of benzene rings is 1. The third kappa shape index (κ3) is 7.60. The predicted octanol–water partition coefficient (Wildman–Crippen LogP) is 1.37. The number of ether oxygens (including phenoxy) is 1. The Bertz CT molecular complexity index is 463. The second-order valence-corrected chi connectivity index (χ2v) is 4.47. The summed E-state index contributed by atoms with van der Waals surface area (Å²) in [6.07, 6.45) is 0.929. The Labute approximate surface area is 149 Å². The zero-order chi connectivity index (χ0) is 15.5. The Morgan fingerprint density at radius 3 is 2.45 bits per heavy atom. The third-order valence-electron chi connectivity index (χ3n) is 2.94. The van der Waals surface area contributed by atoms with Crippen LogP contribution in [0.4, 0.5) is 0 Å². The minimum Gasteiger partial charge on any atom is -0.385 e. The molecule has 3 N–H and O–H groups in total. The van der Waals surface area contributed by atoms with Crippen LogP contribution in [0.15, 0.2) is 29.3 Å². The summed E-state index contributed by atoms with van der Waals surface area (Å²) in [6.45, 7) is 2.19. The van der Waals surface area contributed by atoms with Crippen molar-refractivity contribution in [3.8, 4) is 0 Å². The van der Waals surface area contributed by atoms with Gasteiger partial charge in [0.2, 0.25) is 0 Å². The smallest absolute Gasteiger partial charge is 0.251 e. The molecule has 0 radical (unpaired) electrons. The minimum absolute atomic E-state index is 0. The van der Waals surface area contributed by atoms with E-state index in [1.54, 1.807) is 21.2 Å². The standard InChI is InChI=1S/C15H24N4O2.HI/c1-16-14(20)13-7-5-12(6-8-13)11-19-15(17-2)18-9-4-10-21-3;/h5-8H,4,9-11H2,1-3H3,(H,16,20)(H2,17,18,19);1H. The highest BCUT2D eigenvalue weighted by Gasteiger charge is 2.03. The highest BCUT2D eigenvalue weighted by molar-refractivity contribution is 14.0. The molecule has 1 amide bonds. The highest BCUT2D eigenvalue weighted by Crippen LogP contribution is 2.04. The summed E-state index contributed by atoms with van der Waals surface area (Å²) >= 11 is 0. The zero-order valence-electron chi connectivity index (χ0n) is 13.3. The molecule has 0 aliphatic rings. The number of halogens is 1. The maximum atomic E-state index is 11.4. The molecular formula is C15H25IN4O2. The van der Waals surface area contributed by atoms with Gasteiger partial charge in [-0.3, -0.25) is 9.79 Å². The van der Waals surface area contributed by atoms with Gasteiger partial charge in [-0.25, -0.2) is 0 Å². The Kier molecular flexibility index (Phi) is 11.5. The number of aliphatic imine (C=N–C) groups is 1. The SMILES string of the molecule is CN=C(NCCCOC)NCc1ccc(C(=O)NC)cc1.I. The normalized spacial score (nSPS) is 10.6. The van der Waals surface area contributed by atoms with Gasteiger partial charge in [-0.2, -0.15) is 0 Å². The summed E-state index contributed by atoms with van der Waals surface area (Å²) in [5, 5.41) is 9.03. The Balaban J connectivity index is 0.00000441. The van der Waals surface area contributed by atoms with Crippen molar-refractivity contribution >= 4 is 35.8 Å². The van der Waals surface area contributed by atoms with Gasteiger partial charge in [-0.15, -0.1) is 24.0 Å². The molecular weight excluding hydrogens is 395 g/mol. The fourth-order valence-corrected chi connectivity index (χ4v) is 1.75. The van der Waals surface area contributed by atoms with Crippen LogP contribution in [0.25, 0.3) is 0 Å². The van der Waals surface area contributed by atoms with E-state index in [1.807, 2.05) is 24.3 Å². The van der Waals surface area contributed by atoms with E-state index >= 15 is 0 Å². The van der Waals surface area contributed by atoms with Crippen molar-refractivity contribution in [3.05, 3.63) is 35.4 Å². The molecule has 1 aromatic rings. The molecule has 22 heavy (non-hydrogen) atoms. The van der Waals surface area contributed by atoms with Crippen molar-refractivity contribution in [2.75, 3.05) is 34.4 Å². The number of nitrogens with zero attached hydrogens (tertiary/aromatic N) is 1. The molecule has 6 nitrogen and oxygen atoms in total. The third-order valence-corrected chi connectivity index (χ3v) is 2.94. The number of amides is 1. The lowest BCUT2D eigenvalue weighted by Gasteiger charge is -2.12. The highest BCUT2D eigenvalue weighted by atomic mass is 127. The van der Waals surface area contributed by atoms with E-state index in [1.165, 1.54) is 0 Å². The average molecular weight is 420 g/mol. The number of carbonyl (C=O) groups is 1. The molecule has 1 rings (SSSR count). The quantitative estimate of drug-likeness (QED) is 0.270. The lowest BCUT2D eigenvalue weighted by Crippen LogP contribution is -2.37. The van der Waals surface area contributed by atoms with Crippen LogP contribution >= 0.6 is 24.0 Å². The summed E-state index contributed by atoms with van der Waals surface area (Å²) in [6, 6.07) is 7.47. The fourth-order valence-electron chi connectivity index (χ4n) is 1.75. The van der Waals surface area contributed by atoms with Crippen molar-refractivity contribution in [3.63, 3.8) is 0 Å². The van der Waals surface area contributed by atoms with Gasteiger partial charge in [0, 0.05) is 46.5 Å². The number of rotatable bonds is 7. The molecule has 0 heterocycles. The van der Waals surface area contributed by atoms with Crippen molar-refractivity contribution in [2.45, 2.75) is 13.0 Å². The molecule has 0 atom stereocenters. The Hall–Kier alpha value is -1.35. The fraction of sp³-hybridized carbons (Fsp3) is 0.467. The van der Waals surface area contributed by atoms with Crippen molar-refractivity contribution < 1.29 is 9.53 Å². The molecule has 1 aromatic carbocycles. The number of methoxy groups -OCH3 is 1. The monoisotopic (exact) mass is 420 g/mol. The maximum absolute atomic E-state index is 11.4. The summed E-state index contributed by atoms with van der Waals surface area (Å²) in [5.74, 6) is 0.673. The second kappa shape index (κ2) is 12.2. The second-order valence-electron chi connectivity index (χ2n) is 4.47. The van der Waals surface area contributed by atoms with Crippen LogP contribution in [0.2, 0.25) is 0 Å². The predicted molar refractivity (Wildman–Crippen MR) is 99.9 cm³/mol. The van der Waals surface area contributed by atoms with Gasteiger partial charge in [-0.1, -0.05) is 12.1 Å². The van der Waals surface area contributed by atoms with Gasteiger partial charge in [-0.05, 0) is 24.1 Å². The van der Waals surface area contributed by atoms with Crippen LogP contribution in [0, 0.1) is 0 Å². The Morgan fingerprint density at radius 2 is 1.91 bits per heavy atom. The first-order valence-corrected chi connectivity index (χ1v) is 6.95. The molecule has 0 aliphatic heterocycles. The number of guanidine groups is 1. The summed E-state index contributed by atoms with van der Waals surface area (Å²) in [5.41, 5.74) is 1.74. The molecule has 0 saturated carbocycles. The van der Waals surface area contributed by atoms with Gasteiger partial charge in [0.1, 0.15) is 0 Å². The molecule has 124 valence electrons. The first-order chi connectivity index (χ1) is 10.2. The largest absolute Gasteiger partial charge is 0.385 e. The summed E-state index contributed by atoms with van der Waals surface area (Å²) in [7, 11) is 5.05. The van der Waals surface area contributed by atoms with E-state index in [2.05, 4.69) is 20.9 Å². The van der Waals surface area contributed by atoms with Crippen LogP contribution in [0.1, 0.15) is 22.3 Å². The summed E-state index contributed by atoms with van der Waals surface area (Å²) in [4.78, 5) is 15.6. The van der Waals surface area contributed by atoms with Gasteiger partial charge in [0.25, 0.3) is 5.91 Å². The Morgan fingerprint density at radius 1 is 1.23 bits per heavy atom. The van der Waals surface area contributed by atoms with E-state index in [0.717, 1.165) is 31.1 Å². The minimum atomic E-state index is -0.0786. The zero-order valence-corrected chi connectivity index (χ0v) is 15.6. The van der Waals surface area contributed by atoms with Gasteiger partial charge >= 0.3 is 0 Å². The summed E-state index contributed by atoms with van der Waals surface area (Å²) < 4.78 is 4.99. The van der Waals surface area contributed by atoms with Crippen molar-refractivity contribution in [1.82, 2.24) is 16.0 Å². The van der Waals surface area contributed by atoms with Crippen LogP contribution in [0.5, 0.6) is 0 Å². The number of hydrogen-bond acceptors (Lipinski definition) is 3. The van der Waals surface area contributed by atoms with E-state index in [0.29, 0.717) is 12.1 Å². The molecule has 0 saturated heterocycles. The van der Waals surface area contributed by atoms with Crippen molar-refractivity contribution in [1.29, 1.82) is 0 Å². The van der Waals surface area contributed by atoms with Gasteiger partial charge in [0.05, 0.1) is 0 Å². The van der Waals surface area contributed by atoms with Crippen LogP contribution in [0.3, 0.4) is 0 Å². The molecule has 0 spiro atoms. The van der Waals surface area contributed by atoms with Crippen LogP contribution in [-0.2, 0) is 11.3 Å².